The largest absolute Gasteiger partial charge is 0.469 e. The first-order valence-electron chi connectivity index (χ1n) is 12.3. The molecule has 0 aromatic rings. The summed E-state index contributed by atoms with van der Waals surface area (Å²) in [4.78, 5) is 52.8. The van der Waals surface area contributed by atoms with E-state index in [1.807, 2.05) is 26.8 Å². The normalized spacial score (nSPS) is 20.4. The third-order valence-corrected chi connectivity index (χ3v) is 6.16. The van der Waals surface area contributed by atoms with Gasteiger partial charge in [-0.2, -0.15) is 0 Å². The van der Waals surface area contributed by atoms with Crippen molar-refractivity contribution in [3.05, 3.63) is 12.2 Å². The van der Waals surface area contributed by atoms with Crippen LogP contribution in [-0.2, 0) is 28.6 Å². The summed E-state index contributed by atoms with van der Waals surface area (Å²) in [5.41, 5.74) is -0.518. The summed E-state index contributed by atoms with van der Waals surface area (Å²) in [6.45, 7) is 7.88. The molecule has 0 radical (unpaired) electrons. The van der Waals surface area contributed by atoms with Crippen molar-refractivity contribution in [1.29, 1.82) is 0 Å². The van der Waals surface area contributed by atoms with Crippen molar-refractivity contribution < 1.29 is 33.4 Å². The van der Waals surface area contributed by atoms with Gasteiger partial charge in [0, 0.05) is 33.3 Å². The van der Waals surface area contributed by atoms with Crippen molar-refractivity contribution in [2.24, 2.45) is 11.8 Å². The molecule has 1 unspecified atom stereocenters. The fraction of sp³-hybridized carbons (Fsp3) is 0.760. The number of nitrogens with one attached hydrogen (secondary N) is 1. The Morgan fingerprint density at radius 3 is 2.31 bits per heavy atom. The van der Waals surface area contributed by atoms with Crippen LogP contribution in [0.2, 0.25) is 0 Å². The minimum absolute atomic E-state index is 0.0287. The Hall–Kier alpha value is -2.62. The maximum atomic E-state index is 12.8. The lowest BCUT2D eigenvalue weighted by molar-refractivity contribution is -0.141. The van der Waals surface area contributed by atoms with Crippen LogP contribution in [0.3, 0.4) is 0 Å². The number of nitrogens with zero attached hydrogens (tertiary/aromatic N) is 2. The number of likely N-dealkylation sites (tertiary alicyclic amines) is 2. The molecule has 0 aromatic carbocycles. The first kappa shape index (κ1) is 28.6. The van der Waals surface area contributed by atoms with Crippen LogP contribution in [0, 0.1) is 11.8 Å². The van der Waals surface area contributed by atoms with Gasteiger partial charge >= 0.3 is 12.1 Å². The summed E-state index contributed by atoms with van der Waals surface area (Å²) in [7, 11) is 2.81. The van der Waals surface area contributed by atoms with Gasteiger partial charge in [0.25, 0.3) is 0 Å². The third kappa shape index (κ3) is 9.87. The molecule has 2 aliphatic rings. The first-order chi connectivity index (χ1) is 16.5. The van der Waals surface area contributed by atoms with Gasteiger partial charge in [-0.25, -0.2) is 4.79 Å². The molecular weight excluding hydrogens is 454 g/mol. The molecule has 3 amide bonds. The molecule has 2 fully saturated rings. The number of esters is 1. The number of rotatable bonds is 8. The van der Waals surface area contributed by atoms with E-state index in [0.717, 1.165) is 19.3 Å². The molecular formula is C25H41N3O7. The number of hydrogen-bond acceptors (Lipinski definition) is 7. The first-order valence-corrected chi connectivity index (χ1v) is 12.3. The molecule has 2 rings (SSSR count). The zero-order chi connectivity index (χ0) is 26.0. The van der Waals surface area contributed by atoms with Crippen LogP contribution < -0.4 is 5.32 Å². The van der Waals surface area contributed by atoms with Gasteiger partial charge in [-0.15, -0.1) is 0 Å². The highest BCUT2D eigenvalue weighted by Gasteiger charge is 2.30. The van der Waals surface area contributed by atoms with Crippen LogP contribution in [0.25, 0.3) is 0 Å². The lowest BCUT2D eigenvalue weighted by Gasteiger charge is -2.33. The number of allylic oxidation sites excluding steroid dienone is 1. The monoisotopic (exact) mass is 495 g/mol. The lowest BCUT2D eigenvalue weighted by atomic mass is 9.95. The molecule has 0 aromatic heterocycles. The molecule has 35 heavy (non-hydrogen) atoms. The predicted octanol–water partition coefficient (Wildman–Crippen LogP) is 2.12. The summed E-state index contributed by atoms with van der Waals surface area (Å²) in [6.07, 6.45) is 6.21. The molecule has 1 N–H and O–H groups in total. The molecule has 2 atom stereocenters. The topological polar surface area (TPSA) is 114 Å². The average molecular weight is 496 g/mol. The molecule has 0 spiro atoms. The highest BCUT2D eigenvalue weighted by molar-refractivity contribution is 5.88. The number of ether oxygens (including phenoxy) is 3. The number of amides is 3. The SMILES string of the molecule is COCC(CC(=O)OC)NC(=O)[C@@H]1CCCN(C(=O)/C=C/C2CCN(C(=O)OC(C)(C)C)CC2)C1. The van der Waals surface area contributed by atoms with Crippen molar-refractivity contribution in [2.75, 3.05) is 47.0 Å². The average Bonchev–Trinajstić information content (AvgIpc) is 2.81. The zero-order valence-corrected chi connectivity index (χ0v) is 21.7. The van der Waals surface area contributed by atoms with Crippen LogP contribution in [0.5, 0.6) is 0 Å². The minimum Gasteiger partial charge on any atom is -0.469 e. The molecule has 0 saturated carbocycles. The van der Waals surface area contributed by atoms with Crippen molar-refractivity contribution in [3.8, 4) is 0 Å². The summed E-state index contributed by atoms with van der Waals surface area (Å²) in [5, 5.41) is 2.86. The molecule has 2 aliphatic heterocycles. The van der Waals surface area contributed by atoms with E-state index in [9.17, 15) is 19.2 Å². The summed E-state index contributed by atoms with van der Waals surface area (Å²) in [6, 6.07) is -0.475. The van der Waals surface area contributed by atoms with E-state index in [4.69, 9.17) is 9.47 Å². The van der Waals surface area contributed by atoms with E-state index in [1.165, 1.54) is 14.2 Å². The van der Waals surface area contributed by atoms with E-state index in [1.54, 1.807) is 15.9 Å². The van der Waals surface area contributed by atoms with Crippen molar-refractivity contribution in [2.45, 2.75) is 64.5 Å². The minimum atomic E-state index is -0.518. The molecule has 10 heteroatoms. The van der Waals surface area contributed by atoms with Crippen molar-refractivity contribution >= 4 is 23.9 Å². The predicted molar refractivity (Wildman–Crippen MR) is 129 cm³/mol. The van der Waals surface area contributed by atoms with Crippen molar-refractivity contribution in [1.82, 2.24) is 15.1 Å². The van der Waals surface area contributed by atoms with Gasteiger partial charge in [0.1, 0.15) is 5.60 Å². The van der Waals surface area contributed by atoms with Gasteiger partial charge < -0.3 is 29.3 Å². The lowest BCUT2D eigenvalue weighted by Crippen LogP contribution is -2.48. The number of piperidine rings is 2. The maximum Gasteiger partial charge on any atom is 0.410 e. The molecule has 0 bridgehead atoms. The van der Waals surface area contributed by atoms with Crippen LogP contribution in [0.4, 0.5) is 4.79 Å². The fourth-order valence-electron chi connectivity index (χ4n) is 4.27. The second-order valence-corrected chi connectivity index (χ2v) is 10.2. The Morgan fingerprint density at radius 1 is 1.03 bits per heavy atom. The molecule has 2 saturated heterocycles. The smallest absolute Gasteiger partial charge is 0.410 e. The van der Waals surface area contributed by atoms with Crippen LogP contribution in [0.1, 0.15) is 52.9 Å². The van der Waals surface area contributed by atoms with E-state index in [-0.39, 0.29) is 42.8 Å². The Bertz CT molecular complexity index is 770. The van der Waals surface area contributed by atoms with Gasteiger partial charge in [-0.3, -0.25) is 14.4 Å². The number of hydrogen-bond donors (Lipinski definition) is 1. The zero-order valence-electron chi connectivity index (χ0n) is 21.7. The number of carbonyl (C=O) groups is 4. The summed E-state index contributed by atoms with van der Waals surface area (Å²) >= 11 is 0. The maximum absolute atomic E-state index is 12.8. The van der Waals surface area contributed by atoms with Crippen LogP contribution in [0.15, 0.2) is 12.2 Å². The van der Waals surface area contributed by atoms with E-state index in [2.05, 4.69) is 10.1 Å². The standard InChI is InChI=1S/C25H41N3O7/c1-25(2,3)35-24(32)27-13-10-18(11-14-27)8-9-21(29)28-12-6-7-19(16-28)23(31)26-20(17-33-4)15-22(30)34-5/h8-9,18-20H,6-7,10-17H2,1-5H3,(H,26,31)/b9-8+/t19-,20?/m1/s1. The van der Waals surface area contributed by atoms with E-state index in [0.29, 0.717) is 32.6 Å². The Kier molecular flexibility index (Phi) is 11.0. The second-order valence-electron chi connectivity index (χ2n) is 10.2. The Labute approximate surface area is 208 Å². The van der Waals surface area contributed by atoms with Gasteiger partial charge in [-0.05, 0) is 58.4 Å². The Morgan fingerprint density at radius 2 is 1.71 bits per heavy atom. The van der Waals surface area contributed by atoms with Gasteiger partial charge in [0.2, 0.25) is 11.8 Å². The summed E-state index contributed by atoms with van der Waals surface area (Å²) in [5.74, 6) is -0.841. The highest BCUT2D eigenvalue weighted by atomic mass is 16.6. The van der Waals surface area contributed by atoms with Crippen molar-refractivity contribution in [3.63, 3.8) is 0 Å². The second kappa shape index (κ2) is 13.5. The molecule has 10 nitrogen and oxygen atoms in total. The quantitative estimate of drug-likeness (QED) is 0.405. The van der Waals surface area contributed by atoms with Gasteiger partial charge in [0.15, 0.2) is 0 Å². The van der Waals surface area contributed by atoms with E-state index < -0.39 is 17.6 Å². The third-order valence-electron chi connectivity index (χ3n) is 6.16. The van der Waals surface area contributed by atoms with Crippen LogP contribution >= 0.6 is 0 Å². The number of carbonyl (C=O) groups excluding carboxylic acids is 4. The van der Waals surface area contributed by atoms with Gasteiger partial charge in [0.05, 0.1) is 32.1 Å². The molecule has 0 aliphatic carbocycles. The molecule has 2 heterocycles. The molecule has 198 valence electrons. The van der Waals surface area contributed by atoms with Crippen LogP contribution in [-0.4, -0.2) is 92.3 Å². The summed E-state index contributed by atoms with van der Waals surface area (Å²) < 4.78 is 15.2. The Balaban J connectivity index is 1.82. The van der Waals surface area contributed by atoms with Gasteiger partial charge in [-0.1, -0.05) is 6.08 Å². The number of methoxy groups -OCH3 is 2. The highest BCUT2D eigenvalue weighted by Crippen LogP contribution is 2.22. The fourth-order valence-corrected chi connectivity index (χ4v) is 4.27. The van der Waals surface area contributed by atoms with E-state index >= 15 is 0 Å².